The second kappa shape index (κ2) is 11.0. The quantitative estimate of drug-likeness (QED) is 0.436. The Morgan fingerprint density at radius 3 is 2.30 bits per heavy atom. The number of amides is 1. The van der Waals surface area contributed by atoms with Gasteiger partial charge >= 0.3 is 0 Å². The van der Waals surface area contributed by atoms with Gasteiger partial charge in [-0.15, -0.1) is 24.8 Å². The number of anilines is 1. The predicted molar refractivity (Wildman–Crippen MR) is 126 cm³/mol. The van der Waals surface area contributed by atoms with Crippen molar-refractivity contribution in [1.29, 1.82) is 0 Å². The number of piperazine rings is 1. The third-order valence-corrected chi connectivity index (χ3v) is 8.59. The van der Waals surface area contributed by atoms with Gasteiger partial charge < -0.3 is 14.2 Å². The number of imidazole rings is 1. The van der Waals surface area contributed by atoms with E-state index in [-0.39, 0.29) is 64.0 Å². The number of aromatic nitrogens is 3. The van der Waals surface area contributed by atoms with Crippen molar-refractivity contribution in [3.8, 4) is 11.3 Å². The average Bonchev–Trinajstić information content (AvgIpc) is 3.25. The van der Waals surface area contributed by atoms with Crippen molar-refractivity contribution < 1.29 is 23.2 Å². The molecule has 2 aromatic rings. The summed E-state index contributed by atoms with van der Waals surface area (Å²) in [6.45, 7) is 1.66. The third-order valence-electron chi connectivity index (χ3n) is 5.96. The maximum atomic E-state index is 13.4. The summed E-state index contributed by atoms with van der Waals surface area (Å²) in [6.07, 6.45) is 5.42. The molecule has 2 aromatic heterocycles. The molecule has 33 heavy (non-hydrogen) atoms. The fraction of sp³-hybridized carbons (Fsp3) is 0.526. The van der Waals surface area contributed by atoms with E-state index in [4.69, 9.17) is 9.94 Å². The third kappa shape index (κ3) is 5.10. The van der Waals surface area contributed by atoms with Crippen LogP contribution in [0.4, 0.5) is 5.82 Å². The lowest BCUT2D eigenvalue weighted by atomic mass is 9.98. The highest BCUT2D eigenvalue weighted by Crippen LogP contribution is 2.33. The molecule has 0 spiro atoms. The molecule has 0 saturated carbocycles. The van der Waals surface area contributed by atoms with Crippen LogP contribution in [0.2, 0.25) is 0 Å². The first kappa shape index (κ1) is 27.3. The van der Waals surface area contributed by atoms with E-state index in [2.05, 4.69) is 9.97 Å². The highest BCUT2D eigenvalue weighted by molar-refractivity contribution is 7.91. The van der Waals surface area contributed by atoms with Gasteiger partial charge in [0.1, 0.15) is 5.82 Å². The van der Waals surface area contributed by atoms with Crippen LogP contribution in [-0.4, -0.2) is 82.5 Å². The van der Waals surface area contributed by atoms with E-state index in [9.17, 15) is 13.2 Å². The lowest BCUT2D eigenvalue weighted by Gasteiger charge is -2.41. The zero-order valence-electron chi connectivity index (χ0n) is 18.1. The zero-order valence-corrected chi connectivity index (χ0v) is 20.5. The smallest absolute Gasteiger partial charge is 0.266 e. The van der Waals surface area contributed by atoms with Crippen molar-refractivity contribution in [3.63, 3.8) is 0 Å². The summed E-state index contributed by atoms with van der Waals surface area (Å²) in [7, 11) is -2.08. The number of hydroxylamine groups is 1. The minimum atomic E-state index is -3.98. The normalized spacial score (nSPS) is 18.7. The Morgan fingerprint density at radius 1 is 1.12 bits per heavy atom. The van der Waals surface area contributed by atoms with Gasteiger partial charge in [-0.25, -0.2) is 23.9 Å². The van der Waals surface area contributed by atoms with Crippen LogP contribution in [0.3, 0.4) is 0 Å². The number of sulfonamides is 1. The van der Waals surface area contributed by atoms with Crippen molar-refractivity contribution in [3.05, 3.63) is 30.9 Å². The monoisotopic (exact) mass is 522 g/mol. The molecule has 0 unspecified atom stereocenters. The van der Waals surface area contributed by atoms with Crippen LogP contribution in [0.1, 0.15) is 12.8 Å². The maximum absolute atomic E-state index is 13.4. The minimum absolute atomic E-state index is 0. The van der Waals surface area contributed by atoms with Crippen molar-refractivity contribution in [1.82, 2.24) is 24.3 Å². The van der Waals surface area contributed by atoms with Crippen LogP contribution in [0, 0.1) is 0 Å². The van der Waals surface area contributed by atoms with Crippen molar-refractivity contribution >= 4 is 46.6 Å². The first-order chi connectivity index (χ1) is 14.9. The van der Waals surface area contributed by atoms with Crippen molar-refractivity contribution in [2.75, 3.05) is 44.3 Å². The zero-order chi connectivity index (χ0) is 22.1. The van der Waals surface area contributed by atoms with Crippen molar-refractivity contribution in [2.45, 2.75) is 17.6 Å². The van der Waals surface area contributed by atoms with Gasteiger partial charge in [0.15, 0.2) is 4.75 Å². The molecule has 0 aromatic carbocycles. The Hall–Kier alpha value is -1.96. The van der Waals surface area contributed by atoms with Crippen LogP contribution in [-0.2, 0) is 26.6 Å². The number of halogens is 2. The molecular formula is C19H28Cl2N6O5S. The molecule has 0 bridgehead atoms. The van der Waals surface area contributed by atoms with Gasteiger partial charge in [-0.1, -0.05) is 0 Å². The lowest BCUT2D eigenvalue weighted by molar-refractivity contribution is -0.134. The number of carbonyl (C=O) groups excluding carboxylic acids is 1. The molecule has 11 nitrogen and oxygen atoms in total. The van der Waals surface area contributed by atoms with Gasteiger partial charge in [0.25, 0.3) is 5.91 Å². The molecule has 2 aliphatic heterocycles. The number of hydrogen-bond acceptors (Lipinski definition) is 8. The summed E-state index contributed by atoms with van der Waals surface area (Å²) >= 11 is 0. The number of nitrogens with one attached hydrogen (secondary N) is 1. The highest BCUT2D eigenvalue weighted by atomic mass is 35.5. The molecule has 2 saturated heterocycles. The molecule has 2 fully saturated rings. The second-order valence-corrected chi connectivity index (χ2v) is 10.0. The molecule has 0 aliphatic carbocycles. The lowest BCUT2D eigenvalue weighted by Crippen LogP contribution is -2.62. The number of hydrogen-bond donors (Lipinski definition) is 2. The largest absolute Gasteiger partial charge is 0.381 e. The van der Waals surface area contributed by atoms with E-state index >= 15 is 0 Å². The Balaban J connectivity index is 0.00000193. The standard InChI is InChI=1S/C19H26N6O5S.2ClH/c1-23-13-16(21-14-23)15-2-3-17(20-12-15)24-6-8-25(9-7-24)31(28,29)19(18(26)22-27)4-10-30-11-5-19;;/h2-3,12-14,27H,4-11H2,1H3,(H,22,26);2*1H. The fourth-order valence-electron chi connectivity index (χ4n) is 4.10. The molecule has 0 radical (unpaired) electrons. The Morgan fingerprint density at radius 2 is 1.79 bits per heavy atom. The number of nitrogens with zero attached hydrogens (tertiary/aromatic N) is 5. The summed E-state index contributed by atoms with van der Waals surface area (Å²) in [5, 5.41) is 9.17. The molecule has 14 heteroatoms. The molecule has 2 N–H and O–H groups in total. The number of ether oxygens (including phenoxy) is 1. The van der Waals surface area contributed by atoms with Crippen LogP contribution in [0.25, 0.3) is 11.3 Å². The van der Waals surface area contributed by atoms with Crippen LogP contribution < -0.4 is 10.4 Å². The summed E-state index contributed by atoms with van der Waals surface area (Å²) < 4.78 is 33.5. The number of carbonyl (C=O) groups is 1. The van der Waals surface area contributed by atoms with Gasteiger partial charge in [-0.05, 0) is 12.1 Å². The molecule has 1 amide bonds. The van der Waals surface area contributed by atoms with Gasteiger partial charge in [0.05, 0.1) is 12.0 Å². The first-order valence-corrected chi connectivity index (χ1v) is 11.5. The Bertz CT molecular complexity index is 1040. The average molecular weight is 523 g/mol. The fourth-order valence-corrected chi connectivity index (χ4v) is 6.20. The maximum Gasteiger partial charge on any atom is 0.266 e. The molecule has 2 aliphatic rings. The predicted octanol–water partition coefficient (Wildman–Crippen LogP) is 0.832. The van der Waals surface area contributed by atoms with E-state index in [1.807, 2.05) is 34.8 Å². The molecular weight excluding hydrogens is 495 g/mol. The number of rotatable bonds is 5. The van der Waals surface area contributed by atoms with E-state index in [0.717, 1.165) is 17.1 Å². The first-order valence-electron chi connectivity index (χ1n) is 10.1. The molecule has 184 valence electrons. The van der Waals surface area contributed by atoms with Crippen molar-refractivity contribution in [2.24, 2.45) is 7.05 Å². The SMILES string of the molecule is Cl.Cl.Cn1cnc(-c2ccc(N3CCN(S(=O)(=O)C4(C(=O)NO)CCOCC4)CC3)nc2)c1. The summed E-state index contributed by atoms with van der Waals surface area (Å²) in [6, 6.07) is 3.84. The van der Waals surface area contributed by atoms with Gasteiger partial charge in [0.2, 0.25) is 10.0 Å². The van der Waals surface area contributed by atoms with E-state index in [1.165, 1.54) is 4.31 Å². The van der Waals surface area contributed by atoms with Crippen LogP contribution in [0.15, 0.2) is 30.9 Å². The second-order valence-electron chi connectivity index (χ2n) is 7.77. The topological polar surface area (TPSA) is 130 Å². The van der Waals surface area contributed by atoms with Gasteiger partial charge in [0, 0.05) is 77.2 Å². The molecule has 0 atom stereocenters. The van der Waals surface area contributed by atoms with Gasteiger partial charge in [-0.3, -0.25) is 10.0 Å². The number of pyridine rings is 1. The van der Waals surface area contributed by atoms with E-state index < -0.39 is 20.7 Å². The van der Waals surface area contributed by atoms with Crippen LogP contribution in [0.5, 0.6) is 0 Å². The number of aryl methyl sites for hydroxylation is 1. The summed E-state index contributed by atoms with van der Waals surface area (Å²) in [4.78, 5) is 23.2. The minimum Gasteiger partial charge on any atom is -0.381 e. The Labute approximate surface area is 205 Å². The van der Waals surface area contributed by atoms with E-state index in [0.29, 0.717) is 13.1 Å². The molecule has 4 rings (SSSR count). The van der Waals surface area contributed by atoms with E-state index in [1.54, 1.807) is 18.0 Å². The van der Waals surface area contributed by atoms with Crippen LogP contribution >= 0.6 is 24.8 Å². The molecule has 4 heterocycles. The Kier molecular flexibility index (Phi) is 9.08. The van der Waals surface area contributed by atoms with Gasteiger partial charge in [-0.2, -0.15) is 4.31 Å². The highest BCUT2D eigenvalue weighted by Gasteiger charge is 2.54. The summed E-state index contributed by atoms with van der Waals surface area (Å²) in [5.74, 6) is -0.143. The summed E-state index contributed by atoms with van der Waals surface area (Å²) in [5.41, 5.74) is 3.29.